The molecule has 4 rings (SSSR count). The van der Waals surface area contributed by atoms with Crippen LogP contribution >= 0.6 is 0 Å². The summed E-state index contributed by atoms with van der Waals surface area (Å²) >= 11 is 0. The molecule has 2 aliphatic rings. The van der Waals surface area contributed by atoms with Gasteiger partial charge in [0.25, 0.3) is 0 Å². The number of nitrogens with zero attached hydrogens (tertiary/aromatic N) is 4. The van der Waals surface area contributed by atoms with Crippen molar-refractivity contribution in [2.45, 2.75) is 32.0 Å². The normalized spacial score (nSPS) is 18.3. The highest BCUT2D eigenvalue weighted by molar-refractivity contribution is 5.97. The standard InChI is InChI=1S/C22H27N5O2/c1-25-20-5-3-2-4-18(20)15-27(16-21(25)28)22(29)24-19-8-12-26(13-9-19)14-17-6-10-23-11-7-17/h2-7,10-11,19H,8-9,12-16H2,1H3,(H,24,29). The monoisotopic (exact) mass is 393 g/mol. The summed E-state index contributed by atoms with van der Waals surface area (Å²) in [5.41, 5.74) is 3.12. The zero-order valence-electron chi connectivity index (χ0n) is 16.8. The number of anilines is 1. The van der Waals surface area contributed by atoms with E-state index < -0.39 is 0 Å². The largest absolute Gasteiger partial charge is 0.335 e. The first-order valence-electron chi connectivity index (χ1n) is 10.1. The van der Waals surface area contributed by atoms with Crippen LogP contribution in [0, 0.1) is 0 Å². The quantitative estimate of drug-likeness (QED) is 0.868. The number of amides is 3. The molecule has 152 valence electrons. The van der Waals surface area contributed by atoms with Gasteiger partial charge < -0.3 is 15.1 Å². The molecule has 0 spiro atoms. The molecule has 0 saturated carbocycles. The van der Waals surface area contributed by atoms with Gasteiger partial charge >= 0.3 is 6.03 Å². The summed E-state index contributed by atoms with van der Waals surface area (Å²) < 4.78 is 0. The lowest BCUT2D eigenvalue weighted by atomic mass is 10.0. The summed E-state index contributed by atoms with van der Waals surface area (Å²) in [5.74, 6) is -0.0720. The van der Waals surface area contributed by atoms with Crippen molar-refractivity contribution in [2.75, 3.05) is 31.6 Å². The molecule has 0 radical (unpaired) electrons. The number of carbonyl (C=O) groups excluding carboxylic acids is 2. The molecule has 7 heteroatoms. The fraction of sp³-hybridized carbons (Fsp3) is 0.409. The van der Waals surface area contributed by atoms with Crippen molar-refractivity contribution in [1.29, 1.82) is 0 Å². The van der Waals surface area contributed by atoms with Crippen molar-refractivity contribution < 1.29 is 9.59 Å². The summed E-state index contributed by atoms with van der Waals surface area (Å²) in [4.78, 5) is 35.1. The lowest BCUT2D eigenvalue weighted by Gasteiger charge is -2.33. The Kier molecular flexibility index (Phi) is 5.76. The van der Waals surface area contributed by atoms with E-state index in [-0.39, 0.29) is 24.5 Å². The number of carbonyl (C=O) groups is 2. The molecule has 1 aromatic carbocycles. The zero-order chi connectivity index (χ0) is 20.2. The number of piperidine rings is 1. The van der Waals surface area contributed by atoms with Crippen LogP contribution in [0.2, 0.25) is 0 Å². The van der Waals surface area contributed by atoms with E-state index in [1.165, 1.54) is 5.56 Å². The van der Waals surface area contributed by atoms with E-state index >= 15 is 0 Å². The van der Waals surface area contributed by atoms with Gasteiger partial charge in [0.2, 0.25) is 5.91 Å². The summed E-state index contributed by atoms with van der Waals surface area (Å²) in [6, 6.07) is 11.8. The summed E-state index contributed by atoms with van der Waals surface area (Å²) in [7, 11) is 1.76. The number of pyridine rings is 1. The van der Waals surface area contributed by atoms with Gasteiger partial charge in [0.1, 0.15) is 6.54 Å². The van der Waals surface area contributed by atoms with Crippen LogP contribution in [0.3, 0.4) is 0 Å². The minimum atomic E-state index is -0.156. The van der Waals surface area contributed by atoms with Crippen molar-refractivity contribution >= 4 is 17.6 Å². The number of nitrogens with one attached hydrogen (secondary N) is 1. The Morgan fingerprint density at radius 3 is 2.59 bits per heavy atom. The number of para-hydroxylation sites is 1. The summed E-state index contributed by atoms with van der Waals surface area (Å²) in [6.45, 7) is 3.33. The van der Waals surface area contributed by atoms with Gasteiger partial charge in [0.05, 0.1) is 6.54 Å². The minimum absolute atomic E-state index is 0.0720. The van der Waals surface area contributed by atoms with E-state index in [2.05, 4.69) is 15.2 Å². The highest BCUT2D eigenvalue weighted by atomic mass is 16.2. The average Bonchev–Trinajstić information content (AvgIpc) is 2.87. The zero-order valence-corrected chi connectivity index (χ0v) is 16.8. The molecule has 0 unspecified atom stereocenters. The SMILES string of the molecule is CN1C(=O)CN(C(=O)NC2CCN(Cc3ccncc3)CC2)Cc2ccccc21. The van der Waals surface area contributed by atoms with Crippen LogP contribution in [0.4, 0.5) is 10.5 Å². The third-order valence-electron chi connectivity index (χ3n) is 5.77. The Morgan fingerprint density at radius 1 is 1.10 bits per heavy atom. The molecule has 29 heavy (non-hydrogen) atoms. The molecule has 1 saturated heterocycles. The van der Waals surface area contributed by atoms with Gasteiger partial charge in [-0.3, -0.25) is 14.7 Å². The molecular formula is C22H27N5O2. The van der Waals surface area contributed by atoms with E-state index in [0.29, 0.717) is 6.54 Å². The van der Waals surface area contributed by atoms with E-state index in [0.717, 1.165) is 43.7 Å². The van der Waals surface area contributed by atoms with Gasteiger partial charge in [-0.2, -0.15) is 0 Å². The maximum absolute atomic E-state index is 12.9. The maximum Gasteiger partial charge on any atom is 0.318 e. The van der Waals surface area contributed by atoms with E-state index in [1.807, 2.05) is 48.8 Å². The summed E-state index contributed by atoms with van der Waals surface area (Å²) in [6.07, 6.45) is 5.46. The third kappa shape index (κ3) is 4.56. The van der Waals surface area contributed by atoms with Crippen molar-refractivity contribution in [3.05, 3.63) is 59.9 Å². The van der Waals surface area contributed by atoms with E-state index in [4.69, 9.17) is 0 Å². The van der Waals surface area contributed by atoms with Gasteiger partial charge in [-0.25, -0.2) is 4.79 Å². The second-order valence-electron chi connectivity index (χ2n) is 7.79. The molecule has 7 nitrogen and oxygen atoms in total. The van der Waals surface area contributed by atoms with Gasteiger partial charge in [0.15, 0.2) is 0 Å². The van der Waals surface area contributed by atoms with Crippen molar-refractivity contribution in [2.24, 2.45) is 0 Å². The molecule has 2 aliphatic heterocycles. The van der Waals surface area contributed by atoms with E-state index in [1.54, 1.807) is 16.8 Å². The lowest BCUT2D eigenvalue weighted by molar-refractivity contribution is -0.118. The van der Waals surface area contributed by atoms with Crippen molar-refractivity contribution in [3.8, 4) is 0 Å². The third-order valence-corrected chi connectivity index (χ3v) is 5.77. The number of hydrogen-bond donors (Lipinski definition) is 1. The van der Waals surface area contributed by atoms with Crippen LogP contribution < -0.4 is 10.2 Å². The number of urea groups is 1. The molecule has 3 heterocycles. The number of benzene rings is 1. The molecule has 1 aromatic heterocycles. The number of likely N-dealkylation sites (tertiary alicyclic amines) is 1. The Balaban J connectivity index is 1.32. The molecule has 1 fully saturated rings. The van der Waals surface area contributed by atoms with Gasteiger partial charge in [-0.05, 0) is 42.2 Å². The van der Waals surface area contributed by atoms with Crippen LogP contribution in [0.15, 0.2) is 48.8 Å². The van der Waals surface area contributed by atoms with Gasteiger partial charge in [-0.15, -0.1) is 0 Å². The minimum Gasteiger partial charge on any atom is -0.335 e. The Morgan fingerprint density at radius 2 is 1.83 bits per heavy atom. The summed E-state index contributed by atoms with van der Waals surface area (Å²) in [5, 5.41) is 3.15. The first kappa shape index (κ1) is 19.4. The number of likely N-dealkylation sites (N-methyl/N-ethyl adjacent to an activating group) is 1. The highest BCUT2D eigenvalue weighted by Gasteiger charge is 2.28. The predicted octanol–water partition coefficient (Wildman–Crippen LogP) is 2.23. The topological polar surface area (TPSA) is 68.8 Å². The molecular weight excluding hydrogens is 366 g/mol. The first-order valence-corrected chi connectivity index (χ1v) is 10.1. The van der Waals surface area contributed by atoms with Crippen molar-refractivity contribution in [1.82, 2.24) is 20.1 Å². The van der Waals surface area contributed by atoms with Crippen LogP contribution in [0.25, 0.3) is 0 Å². The molecule has 0 aliphatic carbocycles. The lowest BCUT2D eigenvalue weighted by Crippen LogP contribution is -2.50. The van der Waals surface area contributed by atoms with Crippen LogP contribution in [0.1, 0.15) is 24.0 Å². The first-order chi connectivity index (χ1) is 14.1. The number of aromatic nitrogens is 1. The van der Waals surface area contributed by atoms with Gasteiger partial charge in [0, 0.05) is 50.8 Å². The Labute approximate surface area is 171 Å². The Hall–Kier alpha value is -2.93. The van der Waals surface area contributed by atoms with Crippen LogP contribution in [-0.2, 0) is 17.9 Å². The Bertz CT molecular complexity index is 865. The molecule has 1 N–H and O–H groups in total. The van der Waals surface area contributed by atoms with Crippen molar-refractivity contribution in [3.63, 3.8) is 0 Å². The van der Waals surface area contributed by atoms with E-state index in [9.17, 15) is 9.59 Å². The van der Waals surface area contributed by atoms with Crippen LogP contribution in [0.5, 0.6) is 0 Å². The highest BCUT2D eigenvalue weighted by Crippen LogP contribution is 2.24. The maximum atomic E-state index is 12.9. The fourth-order valence-electron chi connectivity index (χ4n) is 4.03. The second-order valence-corrected chi connectivity index (χ2v) is 7.79. The molecule has 0 bridgehead atoms. The fourth-order valence-corrected chi connectivity index (χ4v) is 4.03. The van der Waals surface area contributed by atoms with Crippen LogP contribution in [-0.4, -0.2) is 59.4 Å². The number of rotatable bonds is 3. The molecule has 0 atom stereocenters. The number of hydrogen-bond acceptors (Lipinski definition) is 4. The second kappa shape index (κ2) is 8.61. The number of fused-ring (bicyclic) bond motifs is 1. The average molecular weight is 393 g/mol. The molecule has 2 aromatic rings. The van der Waals surface area contributed by atoms with Gasteiger partial charge in [-0.1, -0.05) is 18.2 Å². The predicted molar refractivity (Wildman–Crippen MR) is 111 cm³/mol. The molecule has 3 amide bonds. The smallest absolute Gasteiger partial charge is 0.318 e.